The van der Waals surface area contributed by atoms with Gasteiger partial charge >= 0.3 is 0 Å². The summed E-state index contributed by atoms with van der Waals surface area (Å²) >= 11 is 1.36. The number of thioether (sulfide) groups is 1. The van der Waals surface area contributed by atoms with Crippen molar-refractivity contribution >= 4 is 32.5 Å². The Balaban J connectivity index is 1.81. The molecule has 2 aliphatic rings. The maximum absolute atomic E-state index is 11.8. The maximum Gasteiger partial charge on any atom is 0.161 e. The van der Waals surface area contributed by atoms with Crippen LogP contribution in [0, 0.1) is 5.41 Å². The number of benzene rings is 1. The SMILES string of the molecule is CCCCOc1cccc(N2C(=N)SC3CS(=O)(=O)CC32)c1. The van der Waals surface area contributed by atoms with E-state index in [2.05, 4.69) is 6.92 Å². The second kappa shape index (κ2) is 6.12. The van der Waals surface area contributed by atoms with E-state index in [0.29, 0.717) is 11.8 Å². The molecule has 3 rings (SSSR count). The molecule has 0 bridgehead atoms. The molecule has 2 heterocycles. The second-order valence-corrected chi connectivity index (χ2v) is 9.06. The predicted molar refractivity (Wildman–Crippen MR) is 90.9 cm³/mol. The van der Waals surface area contributed by atoms with Crippen LogP contribution in [0.2, 0.25) is 0 Å². The quantitative estimate of drug-likeness (QED) is 0.834. The molecule has 7 heteroatoms. The van der Waals surface area contributed by atoms with Crippen LogP contribution in [0.1, 0.15) is 19.8 Å². The zero-order valence-corrected chi connectivity index (χ0v) is 14.1. The number of unbranched alkanes of at least 4 members (excludes halogenated alkanes) is 1. The third-order valence-electron chi connectivity index (χ3n) is 3.95. The van der Waals surface area contributed by atoms with Gasteiger partial charge in [-0.25, -0.2) is 8.42 Å². The molecular weight excluding hydrogens is 320 g/mol. The first-order valence-corrected chi connectivity index (χ1v) is 10.2. The molecule has 1 N–H and O–H groups in total. The van der Waals surface area contributed by atoms with Crippen molar-refractivity contribution in [2.75, 3.05) is 23.0 Å². The number of nitrogens with one attached hydrogen (secondary N) is 1. The van der Waals surface area contributed by atoms with Crippen LogP contribution in [-0.4, -0.2) is 43.0 Å². The molecule has 2 fully saturated rings. The summed E-state index contributed by atoms with van der Waals surface area (Å²) in [5.41, 5.74) is 0.844. The zero-order valence-electron chi connectivity index (χ0n) is 12.5. The Bertz CT molecular complexity index is 675. The first kappa shape index (κ1) is 15.7. The maximum atomic E-state index is 11.8. The van der Waals surface area contributed by atoms with E-state index < -0.39 is 9.84 Å². The van der Waals surface area contributed by atoms with Gasteiger partial charge in [0.05, 0.1) is 24.2 Å². The molecule has 2 aliphatic heterocycles. The van der Waals surface area contributed by atoms with Crippen LogP contribution in [0.4, 0.5) is 5.69 Å². The molecule has 2 unspecified atom stereocenters. The lowest BCUT2D eigenvalue weighted by molar-refractivity contribution is 0.309. The molecule has 2 atom stereocenters. The average molecular weight is 340 g/mol. The molecule has 0 aromatic heterocycles. The first-order chi connectivity index (χ1) is 10.5. The highest BCUT2D eigenvalue weighted by atomic mass is 32.2. The van der Waals surface area contributed by atoms with Crippen molar-refractivity contribution in [3.05, 3.63) is 24.3 Å². The fraction of sp³-hybridized carbons (Fsp3) is 0.533. The number of anilines is 1. The summed E-state index contributed by atoms with van der Waals surface area (Å²) in [4.78, 5) is 1.84. The number of hydrogen-bond donors (Lipinski definition) is 1. The van der Waals surface area contributed by atoms with Crippen molar-refractivity contribution in [3.63, 3.8) is 0 Å². The van der Waals surface area contributed by atoms with E-state index in [1.54, 1.807) is 0 Å². The Labute approximate surface area is 135 Å². The molecule has 1 aromatic carbocycles. The van der Waals surface area contributed by atoms with Crippen LogP contribution in [0.15, 0.2) is 24.3 Å². The van der Waals surface area contributed by atoms with Crippen LogP contribution in [-0.2, 0) is 9.84 Å². The molecule has 0 radical (unpaired) electrons. The van der Waals surface area contributed by atoms with Gasteiger partial charge in [0.2, 0.25) is 0 Å². The number of nitrogens with zero attached hydrogens (tertiary/aromatic N) is 1. The molecule has 5 nitrogen and oxygen atoms in total. The van der Waals surface area contributed by atoms with Crippen molar-refractivity contribution in [3.8, 4) is 5.75 Å². The van der Waals surface area contributed by atoms with E-state index in [4.69, 9.17) is 10.1 Å². The van der Waals surface area contributed by atoms with Crippen molar-refractivity contribution in [2.24, 2.45) is 0 Å². The molecular formula is C15H20N2O3S2. The minimum atomic E-state index is -2.99. The van der Waals surface area contributed by atoms with Gasteiger partial charge < -0.3 is 9.64 Å². The Hall–Kier alpha value is -1.21. The van der Waals surface area contributed by atoms with Crippen LogP contribution in [0.3, 0.4) is 0 Å². The fourth-order valence-electron chi connectivity index (χ4n) is 2.87. The van der Waals surface area contributed by atoms with Crippen molar-refractivity contribution in [2.45, 2.75) is 31.1 Å². The van der Waals surface area contributed by atoms with Gasteiger partial charge in [-0.05, 0) is 18.6 Å². The number of fused-ring (bicyclic) bond motifs is 1. The Morgan fingerprint density at radius 2 is 2.23 bits per heavy atom. The Morgan fingerprint density at radius 3 is 3.00 bits per heavy atom. The molecule has 0 aliphatic carbocycles. The summed E-state index contributed by atoms with van der Waals surface area (Å²) in [6, 6.07) is 7.47. The van der Waals surface area contributed by atoms with E-state index in [1.165, 1.54) is 11.8 Å². The molecule has 22 heavy (non-hydrogen) atoms. The monoisotopic (exact) mass is 340 g/mol. The summed E-state index contributed by atoms with van der Waals surface area (Å²) in [5, 5.41) is 8.56. The van der Waals surface area contributed by atoms with Gasteiger partial charge in [0, 0.05) is 17.0 Å². The van der Waals surface area contributed by atoms with Crippen molar-refractivity contribution in [1.29, 1.82) is 5.41 Å². The molecule has 0 spiro atoms. The van der Waals surface area contributed by atoms with Gasteiger partial charge in [-0.1, -0.05) is 31.2 Å². The number of sulfone groups is 1. The van der Waals surface area contributed by atoms with Gasteiger partial charge in [-0.15, -0.1) is 0 Å². The highest BCUT2D eigenvalue weighted by Crippen LogP contribution is 2.40. The van der Waals surface area contributed by atoms with Gasteiger partial charge in [0.1, 0.15) is 5.75 Å². The Morgan fingerprint density at radius 1 is 1.41 bits per heavy atom. The van der Waals surface area contributed by atoms with Crippen LogP contribution >= 0.6 is 11.8 Å². The van der Waals surface area contributed by atoms with Crippen LogP contribution in [0.25, 0.3) is 0 Å². The topological polar surface area (TPSA) is 70.5 Å². The summed E-state index contributed by atoms with van der Waals surface area (Å²) < 4.78 is 29.4. The highest BCUT2D eigenvalue weighted by Gasteiger charge is 2.48. The van der Waals surface area contributed by atoms with E-state index >= 15 is 0 Å². The zero-order chi connectivity index (χ0) is 15.7. The number of rotatable bonds is 5. The lowest BCUT2D eigenvalue weighted by Crippen LogP contribution is -2.37. The van der Waals surface area contributed by atoms with Gasteiger partial charge in [0.15, 0.2) is 15.0 Å². The second-order valence-electron chi connectivity index (χ2n) is 5.68. The van der Waals surface area contributed by atoms with Crippen LogP contribution < -0.4 is 9.64 Å². The lowest BCUT2D eigenvalue weighted by atomic mass is 10.2. The standard InChI is InChI=1S/C15H20N2O3S2/c1-2-3-7-20-12-6-4-5-11(8-12)17-13-9-22(18,19)10-14(13)21-15(17)16/h4-6,8,13-14,16H,2-3,7,9-10H2,1H3. The van der Waals surface area contributed by atoms with E-state index in [9.17, 15) is 8.42 Å². The van der Waals surface area contributed by atoms with Crippen LogP contribution in [0.5, 0.6) is 5.75 Å². The summed E-state index contributed by atoms with van der Waals surface area (Å²) in [7, 11) is -2.99. The van der Waals surface area contributed by atoms with E-state index in [0.717, 1.165) is 24.3 Å². The van der Waals surface area contributed by atoms with Crippen molar-refractivity contribution in [1.82, 2.24) is 0 Å². The Kier molecular flexibility index (Phi) is 4.36. The molecule has 0 saturated carbocycles. The number of hydrogen-bond acceptors (Lipinski definition) is 5. The molecule has 2 saturated heterocycles. The van der Waals surface area contributed by atoms with Crippen molar-refractivity contribution < 1.29 is 13.2 Å². The lowest BCUT2D eigenvalue weighted by Gasteiger charge is -2.24. The largest absolute Gasteiger partial charge is 0.494 e. The van der Waals surface area contributed by atoms with Gasteiger partial charge in [-0.2, -0.15) is 0 Å². The highest BCUT2D eigenvalue weighted by molar-refractivity contribution is 8.15. The average Bonchev–Trinajstić information content (AvgIpc) is 2.89. The van der Waals surface area contributed by atoms with E-state index in [1.807, 2.05) is 29.2 Å². The van der Waals surface area contributed by atoms with Gasteiger partial charge in [0.25, 0.3) is 0 Å². The van der Waals surface area contributed by atoms with Gasteiger partial charge in [-0.3, -0.25) is 5.41 Å². The third kappa shape index (κ3) is 3.10. The smallest absolute Gasteiger partial charge is 0.161 e. The molecule has 120 valence electrons. The van der Waals surface area contributed by atoms with E-state index in [-0.39, 0.29) is 22.8 Å². The third-order valence-corrected chi connectivity index (χ3v) is 7.08. The minimum Gasteiger partial charge on any atom is -0.494 e. The fourth-order valence-corrected chi connectivity index (χ4v) is 6.66. The predicted octanol–water partition coefficient (Wildman–Crippen LogP) is 2.52. The minimum absolute atomic E-state index is 0.0258. The molecule has 1 aromatic rings. The number of amidine groups is 1. The first-order valence-electron chi connectivity index (χ1n) is 7.48. The normalized spacial score (nSPS) is 26.2. The summed E-state index contributed by atoms with van der Waals surface area (Å²) in [5.74, 6) is 1.08. The summed E-state index contributed by atoms with van der Waals surface area (Å²) in [6.45, 7) is 2.79. The summed E-state index contributed by atoms with van der Waals surface area (Å²) in [6.07, 6.45) is 2.08. The molecule has 0 amide bonds. The number of ether oxygens (including phenoxy) is 1.